The lowest BCUT2D eigenvalue weighted by atomic mass is 10.2. The maximum absolute atomic E-state index is 6.20. The quantitative estimate of drug-likeness (QED) is 0.152. The first-order valence-corrected chi connectivity index (χ1v) is 14.9. The van der Waals surface area contributed by atoms with E-state index in [9.17, 15) is 0 Å². The van der Waals surface area contributed by atoms with Gasteiger partial charge in [-0.15, -0.1) is 16.2 Å². The third-order valence-corrected chi connectivity index (χ3v) is 6.17. The van der Waals surface area contributed by atoms with Crippen LogP contribution in [-0.4, -0.2) is 33.1 Å². The molecule has 0 bridgehead atoms. The van der Waals surface area contributed by atoms with E-state index in [4.69, 9.17) is 25.6 Å². The van der Waals surface area contributed by atoms with Gasteiger partial charge < -0.3 is 14.2 Å². The van der Waals surface area contributed by atoms with E-state index in [-0.39, 0.29) is 12.6 Å². The van der Waals surface area contributed by atoms with Gasteiger partial charge in [0.2, 0.25) is 5.65 Å². The van der Waals surface area contributed by atoms with Crippen LogP contribution in [0.1, 0.15) is 36.8 Å². The Morgan fingerprint density at radius 2 is 1.41 bits per heavy atom. The SMILES string of the molecule is C#CC#CC#CC#CC#CC#CC#CC#CC#COc1ccccc1OCNCC(C)c1nc2c(Oc3ccc(C)cc3)c(CC)[nH]n2n1. The summed E-state index contributed by atoms with van der Waals surface area (Å²) >= 11 is 0. The van der Waals surface area contributed by atoms with Crippen LogP contribution in [0.4, 0.5) is 0 Å². The van der Waals surface area contributed by atoms with Crippen molar-refractivity contribution < 1.29 is 14.2 Å². The highest BCUT2D eigenvalue weighted by Gasteiger charge is 2.20. The zero-order valence-electron chi connectivity index (χ0n) is 27.0. The van der Waals surface area contributed by atoms with Gasteiger partial charge in [0.15, 0.2) is 23.1 Å². The minimum atomic E-state index is -0.00200. The molecule has 0 saturated carbocycles. The number of fused-ring (bicyclic) bond motifs is 1. The van der Waals surface area contributed by atoms with Crippen LogP contribution < -0.4 is 19.5 Å². The number of aryl methyl sites for hydroxylation is 2. The Morgan fingerprint density at radius 3 is 2.02 bits per heavy atom. The van der Waals surface area contributed by atoms with Crippen molar-refractivity contribution in [1.82, 2.24) is 25.1 Å². The molecule has 234 valence electrons. The molecular formula is C41H27N5O3. The third-order valence-electron chi connectivity index (χ3n) is 6.17. The summed E-state index contributed by atoms with van der Waals surface area (Å²) in [6.45, 7) is 6.94. The van der Waals surface area contributed by atoms with Crippen LogP contribution in [-0.2, 0) is 6.42 Å². The highest BCUT2D eigenvalue weighted by atomic mass is 16.5. The lowest BCUT2D eigenvalue weighted by Crippen LogP contribution is -2.25. The molecule has 4 aromatic rings. The second-order valence-electron chi connectivity index (χ2n) is 9.71. The van der Waals surface area contributed by atoms with Crippen LogP contribution in [0.5, 0.6) is 23.0 Å². The van der Waals surface area contributed by atoms with E-state index in [1.807, 2.05) is 50.2 Å². The smallest absolute Gasteiger partial charge is 0.218 e. The lowest BCUT2D eigenvalue weighted by Gasteiger charge is -2.12. The van der Waals surface area contributed by atoms with Gasteiger partial charge in [0.05, 0.1) is 5.69 Å². The van der Waals surface area contributed by atoms with Crippen LogP contribution in [0, 0.1) is 114 Å². The maximum Gasteiger partial charge on any atom is 0.218 e. The number of para-hydroxylation sites is 2. The first-order chi connectivity index (χ1) is 24.1. The Balaban J connectivity index is 1.24. The van der Waals surface area contributed by atoms with Crippen LogP contribution in [0.15, 0.2) is 48.5 Å². The Labute approximate surface area is 286 Å². The zero-order valence-corrected chi connectivity index (χ0v) is 27.0. The standard InChI is InChI=1S/C41H27N5O3/c1-5-7-8-9-10-11-12-13-14-15-16-17-18-19-20-23-30-47-37-24-21-22-25-38(37)48-32-42-31-34(4)40-43-41-39(36(6-2)44-46(41)45-40)49-35-28-26-33(3)27-29-35/h1,21-22,24-29,34,42,44H,6,31-32H2,2-4H3. The summed E-state index contributed by atoms with van der Waals surface area (Å²) in [7, 11) is 0. The van der Waals surface area contributed by atoms with Crippen molar-refractivity contribution in [3.8, 4) is 130 Å². The molecule has 49 heavy (non-hydrogen) atoms. The molecule has 0 aliphatic carbocycles. The van der Waals surface area contributed by atoms with Crippen LogP contribution in [0.25, 0.3) is 5.65 Å². The van der Waals surface area contributed by atoms with Crippen LogP contribution in [0.3, 0.4) is 0 Å². The molecule has 4 rings (SSSR count). The first kappa shape index (κ1) is 34.4. The largest absolute Gasteiger partial charge is 0.474 e. The number of aromatic amines is 1. The fourth-order valence-electron chi connectivity index (χ4n) is 3.84. The Hall–Kier alpha value is -7.48. The molecular weight excluding hydrogens is 610 g/mol. The summed E-state index contributed by atoms with van der Waals surface area (Å²) in [5.74, 6) is 42.9. The predicted molar refractivity (Wildman–Crippen MR) is 188 cm³/mol. The molecule has 1 unspecified atom stereocenters. The van der Waals surface area contributed by atoms with Crippen molar-refractivity contribution in [2.45, 2.75) is 33.1 Å². The first-order valence-electron chi connectivity index (χ1n) is 14.9. The number of aromatic nitrogens is 4. The minimum absolute atomic E-state index is 0.00200. The normalized spacial score (nSPS) is 9.27. The molecule has 0 saturated heterocycles. The number of rotatable bonds is 10. The molecule has 0 spiro atoms. The summed E-state index contributed by atoms with van der Waals surface area (Å²) in [6.07, 6.45) is 8.26. The van der Waals surface area contributed by atoms with Crippen LogP contribution in [0.2, 0.25) is 0 Å². The third kappa shape index (κ3) is 11.1. The number of terminal acetylenes is 1. The van der Waals surface area contributed by atoms with Gasteiger partial charge in [0, 0.05) is 59.8 Å². The lowest BCUT2D eigenvalue weighted by molar-refractivity contribution is 0.271. The average molecular weight is 638 g/mol. The van der Waals surface area contributed by atoms with Gasteiger partial charge in [-0.2, -0.15) is 0 Å². The summed E-state index contributed by atoms with van der Waals surface area (Å²) < 4.78 is 19.3. The van der Waals surface area contributed by atoms with Crippen molar-refractivity contribution in [3.05, 3.63) is 65.6 Å². The Kier molecular flexibility index (Phi) is 13.4. The van der Waals surface area contributed by atoms with Crippen molar-refractivity contribution in [1.29, 1.82) is 0 Å². The zero-order chi connectivity index (χ0) is 34.5. The molecule has 0 amide bonds. The highest BCUT2D eigenvalue weighted by Crippen LogP contribution is 2.30. The van der Waals surface area contributed by atoms with Crippen molar-refractivity contribution >= 4 is 5.65 Å². The summed E-state index contributed by atoms with van der Waals surface area (Å²) in [6, 6.07) is 15.1. The molecule has 8 heteroatoms. The molecule has 2 aromatic carbocycles. The van der Waals surface area contributed by atoms with Gasteiger partial charge in [-0.25, -0.2) is 4.98 Å². The molecule has 0 fully saturated rings. The topological polar surface area (TPSA) is 85.7 Å². The minimum Gasteiger partial charge on any atom is -0.474 e. The number of nitrogens with one attached hydrogen (secondary N) is 2. The number of benzene rings is 2. The van der Waals surface area contributed by atoms with Crippen molar-refractivity contribution in [2.24, 2.45) is 0 Å². The van der Waals surface area contributed by atoms with Gasteiger partial charge in [-0.1, -0.05) is 43.7 Å². The number of hydrogen-bond donors (Lipinski definition) is 2. The van der Waals surface area contributed by atoms with Crippen molar-refractivity contribution in [2.75, 3.05) is 13.3 Å². The van der Waals surface area contributed by atoms with E-state index in [2.05, 4.69) is 123 Å². The second kappa shape index (κ2) is 19.1. The molecule has 2 N–H and O–H groups in total. The van der Waals surface area contributed by atoms with Crippen LogP contribution >= 0.6 is 0 Å². The van der Waals surface area contributed by atoms with Gasteiger partial charge in [0.25, 0.3) is 0 Å². The van der Waals surface area contributed by atoms with Gasteiger partial charge in [-0.3, -0.25) is 10.4 Å². The average Bonchev–Trinajstić information content (AvgIpc) is 3.68. The maximum atomic E-state index is 6.20. The van der Waals surface area contributed by atoms with E-state index in [1.165, 1.54) is 0 Å². The monoisotopic (exact) mass is 637 g/mol. The summed E-state index contributed by atoms with van der Waals surface area (Å²) in [5, 5.41) is 11.2. The Bertz CT molecular complexity index is 2370. The molecule has 2 heterocycles. The highest BCUT2D eigenvalue weighted by molar-refractivity contribution is 5.58. The number of ether oxygens (including phenoxy) is 3. The number of hydrogen-bond acceptors (Lipinski definition) is 6. The van der Waals surface area contributed by atoms with Gasteiger partial charge >= 0.3 is 0 Å². The predicted octanol–water partition coefficient (Wildman–Crippen LogP) is 4.45. The van der Waals surface area contributed by atoms with E-state index in [0.717, 1.165) is 23.4 Å². The Morgan fingerprint density at radius 1 is 0.816 bits per heavy atom. The number of H-pyrrole nitrogens is 1. The fourth-order valence-corrected chi connectivity index (χ4v) is 3.84. The summed E-state index contributed by atoms with van der Waals surface area (Å²) in [5.41, 5.74) is 2.74. The molecule has 8 nitrogen and oxygen atoms in total. The van der Waals surface area contributed by atoms with E-state index >= 15 is 0 Å². The fraction of sp³-hybridized carbons (Fsp3) is 0.171. The van der Waals surface area contributed by atoms with E-state index in [1.54, 1.807) is 16.8 Å². The van der Waals surface area contributed by atoms with Gasteiger partial charge in [0.1, 0.15) is 18.6 Å². The summed E-state index contributed by atoms with van der Waals surface area (Å²) in [4.78, 5) is 4.77. The number of nitrogens with zero attached hydrogens (tertiary/aromatic N) is 3. The molecule has 0 radical (unpaired) electrons. The second-order valence-corrected chi connectivity index (χ2v) is 9.71. The van der Waals surface area contributed by atoms with E-state index in [0.29, 0.717) is 35.3 Å². The molecule has 0 aliphatic rings. The van der Waals surface area contributed by atoms with Crippen molar-refractivity contribution in [3.63, 3.8) is 0 Å². The van der Waals surface area contributed by atoms with Gasteiger partial charge in [-0.05, 0) is 85.0 Å². The molecule has 1 atom stereocenters. The molecule has 2 aromatic heterocycles. The van der Waals surface area contributed by atoms with E-state index < -0.39 is 0 Å². The molecule has 0 aliphatic heterocycles.